The molecule has 0 bridgehead atoms. The zero-order chi connectivity index (χ0) is 27.1. The smallest absolute Gasteiger partial charge is 0.234 e. The van der Waals surface area contributed by atoms with Crippen LogP contribution in [0.25, 0.3) is 27.6 Å². The highest BCUT2D eigenvalue weighted by molar-refractivity contribution is 7.99. The Bertz CT molecular complexity index is 1850. The Kier molecular flexibility index (Phi) is 6.52. The SMILES string of the molecule is Cc1cc(C)c(NC(=O)CSc2nc3ccccc3c3nc(CCn4c(C)nc5ccccc54)nn23)c(C)c1. The molecule has 1 N–H and O–H groups in total. The zero-order valence-electron chi connectivity index (χ0n) is 22.4. The Morgan fingerprint density at radius 3 is 2.41 bits per heavy atom. The van der Waals surface area contributed by atoms with Gasteiger partial charge in [-0.05, 0) is 63.1 Å². The number of hydrogen-bond acceptors (Lipinski definition) is 6. The first-order chi connectivity index (χ1) is 18.9. The predicted octanol–water partition coefficient (Wildman–Crippen LogP) is 5.83. The Hall–Kier alpha value is -4.24. The van der Waals surface area contributed by atoms with Gasteiger partial charge in [-0.25, -0.2) is 15.0 Å². The molecule has 0 aliphatic rings. The lowest BCUT2D eigenvalue weighted by atomic mass is 10.1. The van der Waals surface area contributed by atoms with E-state index in [9.17, 15) is 4.79 Å². The van der Waals surface area contributed by atoms with Gasteiger partial charge < -0.3 is 9.88 Å². The number of thioether (sulfide) groups is 1. The first-order valence-corrected chi connectivity index (χ1v) is 13.9. The van der Waals surface area contributed by atoms with Gasteiger partial charge in [-0.1, -0.05) is 53.7 Å². The molecule has 3 aromatic heterocycles. The number of hydrogen-bond donors (Lipinski definition) is 1. The number of anilines is 1. The van der Waals surface area contributed by atoms with Crippen LogP contribution < -0.4 is 5.32 Å². The monoisotopic (exact) mass is 535 g/mol. The van der Waals surface area contributed by atoms with Crippen LogP contribution in [0.2, 0.25) is 0 Å². The number of aryl methyl sites for hydroxylation is 6. The van der Waals surface area contributed by atoms with Crippen molar-refractivity contribution in [2.45, 2.75) is 45.8 Å². The molecule has 0 radical (unpaired) electrons. The number of imidazole rings is 1. The summed E-state index contributed by atoms with van der Waals surface area (Å²) in [5.74, 6) is 1.82. The number of nitrogens with one attached hydrogen (secondary N) is 1. The van der Waals surface area contributed by atoms with E-state index in [1.807, 2.05) is 63.2 Å². The van der Waals surface area contributed by atoms with Crippen LogP contribution in [-0.4, -0.2) is 40.8 Å². The molecule has 196 valence electrons. The first kappa shape index (κ1) is 25.1. The molecule has 0 aliphatic heterocycles. The van der Waals surface area contributed by atoms with Crippen LogP contribution in [0.4, 0.5) is 5.69 Å². The molecule has 0 saturated carbocycles. The molecule has 3 aromatic carbocycles. The van der Waals surface area contributed by atoms with Crippen molar-refractivity contribution in [2.24, 2.45) is 0 Å². The number of carbonyl (C=O) groups excluding carboxylic acids is 1. The van der Waals surface area contributed by atoms with Crippen molar-refractivity contribution in [3.8, 4) is 0 Å². The van der Waals surface area contributed by atoms with Crippen LogP contribution >= 0.6 is 11.8 Å². The number of para-hydroxylation sites is 3. The second kappa shape index (κ2) is 10.1. The zero-order valence-corrected chi connectivity index (χ0v) is 23.2. The Labute approximate surface area is 230 Å². The average Bonchev–Trinajstić information content (AvgIpc) is 3.48. The number of benzene rings is 3. The van der Waals surface area contributed by atoms with E-state index in [-0.39, 0.29) is 11.7 Å². The van der Waals surface area contributed by atoms with Crippen LogP contribution in [0.5, 0.6) is 0 Å². The lowest BCUT2D eigenvalue weighted by molar-refractivity contribution is -0.113. The van der Waals surface area contributed by atoms with Crippen molar-refractivity contribution < 1.29 is 4.79 Å². The lowest BCUT2D eigenvalue weighted by Gasteiger charge is -2.13. The van der Waals surface area contributed by atoms with Gasteiger partial charge in [0.25, 0.3) is 0 Å². The number of aromatic nitrogens is 6. The van der Waals surface area contributed by atoms with E-state index in [1.165, 1.54) is 17.3 Å². The molecule has 6 rings (SSSR count). The molecule has 0 fully saturated rings. The minimum absolute atomic E-state index is 0.0824. The highest BCUT2D eigenvalue weighted by Crippen LogP contribution is 2.26. The molecule has 6 aromatic rings. The van der Waals surface area contributed by atoms with Gasteiger partial charge in [0.2, 0.25) is 5.91 Å². The fourth-order valence-corrected chi connectivity index (χ4v) is 5.89. The highest BCUT2D eigenvalue weighted by atomic mass is 32.2. The summed E-state index contributed by atoms with van der Waals surface area (Å²) in [5, 5.41) is 9.48. The summed E-state index contributed by atoms with van der Waals surface area (Å²) in [4.78, 5) is 27.4. The topological polar surface area (TPSA) is 90.0 Å². The van der Waals surface area contributed by atoms with Crippen LogP contribution in [0.3, 0.4) is 0 Å². The third-order valence-corrected chi connectivity index (χ3v) is 7.80. The fraction of sp³-hybridized carbons (Fsp3) is 0.233. The highest BCUT2D eigenvalue weighted by Gasteiger charge is 2.17. The van der Waals surface area contributed by atoms with Crippen molar-refractivity contribution in [3.05, 3.63) is 89.0 Å². The molecular weight excluding hydrogens is 506 g/mol. The minimum atomic E-state index is -0.0824. The van der Waals surface area contributed by atoms with Gasteiger partial charge in [-0.2, -0.15) is 4.52 Å². The second-order valence-corrected chi connectivity index (χ2v) is 10.8. The maximum atomic E-state index is 12.9. The molecule has 9 heteroatoms. The van der Waals surface area contributed by atoms with Gasteiger partial charge in [0.05, 0.1) is 22.3 Å². The first-order valence-electron chi connectivity index (χ1n) is 12.9. The number of carbonyl (C=O) groups is 1. The maximum Gasteiger partial charge on any atom is 0.234 e. The Morgan fingerprint density at radius 2 is 1.62 bits per heavy atom. The number of amides is 1. The number of fused-ring (bicyclic) bond motifs is 4. The summed E-state index contributed by atoms with van der Waals surface area (Å²) in [6.45, 7) is 8.83. The molecule has 3 heterocycles. The van der Waals surface area contributed by atoms with Crippen LogP contribution in [0, 0.1) is 27.7 Å². The van der Waals surface area contributed by atoms with Gasteiger partial charge >= 0.3 is 0 Å². The van der Waals surface area contributed by atoms with E-state index in [1.54, 1.807) is 4.52 Å². The molecule has 1 amide bonds. The predicted molar refractivity (Wildman–Crippen MR) is 156 cm³/mol. The molecule has 0 atom stereocenters. The lowest BCUT2D eigenvalue weighted by Crippen LogP contribution is -2.16. The van der Waals surface area contributed by atoms with Crippen molar-refractivity contribution in [3.63, 3.8) is 0 Å². The van der Waals surface area contributed by atoms with Gasteiger partial charge in [-0.15, -0.1) is 5.10 Å². The molecular formula is C30H29N7OS. The van der Waals surface area contributed by atoms with E-state index in [2.05, 4.69) is 40.0 Å². The van der Waals surface area contributed by atoms with E-state index in [0.29, 0.717) is 18.1 Å². The standard InChI is InChI=1S/C30H29N7OS/c1-18-15-19(2)28(20(3)16-18)34-27(38)17-39-30-32-23-10-6-5-9-22(23)29-33-26(35-37(29)30)13-14-36-21(4)31-24-11-7-8-12-25(24)36/h5-12,15-16H,13-14,17H2,1-4H3,(H,34,38). The molecule has 39 heavy (non-hydrogen) atoms. The largest absolute Gasteiger partial charge is 0.328 e. The van der Waals surface area contributed by atoms with Crippen molar-refractivity contribution in [1.29, 1.82) is 0 Å². The van der Waals surface area contributed by atoms with Gasteiger partial charge in [0.15, 0.2) is 16.6 Å². The molecule has 0 saturated heterocycles. The van der Waals surface area contributed by atoms with Crippen LogP contribution in [0.15, 0.2) is 65.8 Å². The summed E-state index contributed by atoms with van der Waals surface area (Å²) in [6.07, 6.45) is 0.647. The van der Waals surface area contributed by atoms with E-state index < -0.39 is 0 Å². The van der Waals surface area contributed by atoms with E-state index in [0.717, 1.165) is 56.0 Å². The summed E-state index contributed by atoms with van der Waals surface area (Å²) in [6, 6.07) is 20.2. The maximum absolute atomic E-state index is 12.9. The molecule has 0 spiro atoms. The third kappa shape index (κ3) is 4.85. The number of nitrogens with zero attached hydrogens (tertiary/aromatic N) is 6. The minimum Gasteiger partial charge on any atom is -0.328 e. The summed E-state index contributed by atoms with van der Waals surface area (Å²) < 4.78 is 3.98. The second-order valence-electron chi connectivity index (χ2n) is 9.83. The fourth-order valence-electron chi connectivity index (χ4n) is 5.15. The summed E-state index contributed by atoms with van der Waals surface area (Å²) >= 11 is 1.36. The quantitative estimate of drug-likeness (QED) is 0.204. The van der Waals surface area contributed by atoms with Gasteiger partial charge in [0.1, 0.15) is 5.82 Å². The summed E-state index contributed by atoms with van der Waals surface area (Å²) in [7, 11) is 0. The van der Waals surface area contributed by atoms with Gasteiger partial charge in [-0.3, -0.25) is 4.79 Å². The Morgan fingerprint density at radius 1 is 0.897 bits per heavy atom. The van der Waals surface area contributed by atoms with Crippen molar-refractivity contribution in [1.82, 2.24) is 29.1 Å². The van der Waals surface area contributed by atoms with Crippen molar-refractivity contribution in [2.75, 3.05) is 11.1 Å². The Balaban J connectivity index is 1.27. The average molecular weight is 536 g/mol. The van der Waals surface area contributed by atoms with Crippen molar-refractivity contribution >= 4 is 50.9 Å². The van der Waals surface area contributed by atoms with Crippen LogP contribution in [0.1, 0.15) is 28.3 Å². The normalized spacial score (nSPS) is 11.6. The van der Waals surface area contributed by atoms with E-state index in [4.69, 9.17) is 15.1 Å². The van der Waals surface area contributed by atoms with E-state index >= 15 is 0 Å². The van der Waals surface area contributed by atoms with Crippen LogP contribution in [-0.2, 0) is 17.8 Å². The number of rotatable bonds is 7. The molecule has 0 aliphatic carbocycles. The third-order valence-electron chi connectivity index (χ3n) is 6.87. The summed E-state index contributed by atoms with van der Waals surface area (Å²) in [5.41, 5.74) is 7.82. The molecule has 0 unspecified atom stereocenters. The molecule has 8 nitrogen and oxygen atoms in total. The van der Waals surface area contributed by atoms with Gasteiger partial charge in [0, 0.05) is 24.0 Å².